The molecule has 4 aliphatic rings. The minimum Gasteiger partial charge on any atom is -0.392 e. The largest absolute Gasteiger partial charge is 0.392 e. The lowest BCUT2D eigenvalue weighted by molar-refractivity contribution is -0.216. The third-order valence-corrected chi connectivity index (χ3v) is 9.78. The molecule has 1 heterocycles. The number of hydrogen-bond acceptors (Lipinski definition) is 4. The zero-order chi connectivity index (χ0) is 24.0. The molecule has 4 heteroatoms. The highest BCUT2D eigenvalue weighted by atomic mass is 16.5. The van der Waals surface area contributed by atoms with E-state index in [1.165, 1.54) is 32.1 Å². The van der Waals surface area contributed by atoms with Gasteiger partial charge in [-0.3, -0.25) is 0 Å². The van der Waals surface area contributed by atoms with E-state index in [4.69, 9.17) is 4.74 Å². The maximum atomic E-state index is 10.8. The molecule has 4 rings (SSSR count). The number of aliphatic hydroxyl groups is 3. The molecule has 6 atom stereocenters. The first-order valence-electron chi connectivity index (χ1n) is 13.2. The first kappa shape index (κ1) is 25.2. The second-order valence-electron chi connectivity index (χ2n) is 12.6. The summed E-state index contributed by atoms with van der Waals surface area (Å²) in [6.45, 7) is 13.8. The van der Waals surface area contributed by atoms with Crippen molar-refractivity contribution in [1.29, 1.82) is 0 Å². The predicted octanol–water partition coefficient (Wildman–Crippen LogP) is 5.33. The molecule has 1 spiro atoms. The molecule has 0 bridgehead atoms. The van der Waals surface area contributed by atoms with Crippen molar-refractivity contribution < 1.29 is 20.1 Å². The Labute approximate surface area is 200 Å². The summed E-state index contributed by atoms with van der Waals surface area (Å²) in [4.78, 5) is 0. The second-order valence-corrected chi connectivity index (χ2v) is 12.6. The van der Waals surface area contributed by atoms with Gasteiger partial charge in [-0.05, 0) is 93.1 Å². The molecular weight excluding hydrogens is 412 g/mol. The highest BCUT2D eigenvalue weighted by molar-refractivity contribution is 5.41. The summed E-state index contributed by atoms with van der Waals surface area (Å²) in [5.41, 5.74) is 2.53. The fraction of sp³-hybridized carbons (Fsp3) is 0.793. The molecule has 186 valence electrons. The van der Waals surface area contributed by atoms with Crippen LogP contribution in [0.4, 0.5) is 0 Å². The molecule has 3 saturated carbocycles. The Balaban J connectivity index is 1.45. The van der Waals surface area contributed by atoms with Gasteiger partial charge in [0.05, 0.1) is 36.4 Å². The van der Waals surface area contributed by atoms with Crippen LogP contribution in [0.3, 0.4) is 0 Å². The van der Waals surface area contributed by atoms with Crippen LogP contribution in [0, 0.1) is 28.6 Å². The SMILES string of the molecule is C=C1/C(=C\C=C2/CCC[C@]3(C)[C@@H]([C@H](C)CCCC(C)(C)O)CC[C@@H]23)C[C@@H](O)C2(COC2)[C@@H]1O. The topological polar surface area (TPSA) is 69.9 Å². The van der Waals surface area contributed by atoms with Gasteiger partial charge in [-0.1, -0.05) is 51.0 Å². The summed E-state index contributed by atoms with van der Waals surface area (Å²) in [7, 11) is 0. The Morgan fingerprint density at radius 2 is 1.94 bits per heavy atom. The van der Waals surface area contributed by atoms with Crippen LogP contribution >= 0.6 is 0 Å². The minimum atomic E-state index is -0.725. The molecule has 0 amide bonds. The first-order valence-corrected chi connectivity index (χ1v) is 13.2. The minimum absolute atomic E-state index is 0.354. The third-order valence-electron chi connectivity index (χ3n) is 9.78. The molecule has 33 heavy (non-hydrogen) atoms. The van der Waals surface area contributed by atoms with Gasteiger partial charge in [-0.2, -0.15) is 0 Å². The van der Waals surface area contributed by atoms with Gasteiger partial charge in [0, 0.05) is 0 Å². The summed E-state index contributed by atoms with van der Waals surface area (Å²) < 4.78 is 5.32. The molecule has 0 unspecified atom stereocenters. The Bertz CT molecular complexity index is 799. The van der Waals surface area contributed by atoms with Gasteiger partial charge >= 0.3 is 0 Å². The van der Waals surface area contributed by atoms with Gasteiger partial charge in [-0.15, -0.1) is 0 Å². The van der Waals surface area contributed by atoms with Crippen molar-refractivity contribution in [2.24, 2.45) is 28.6 Å². The number of allylic oxidation sites excluding steroid dienone is 3. The van der Waals surface area contributed by atoms with Gasteiger partial charge < -0.3 is 20.1 Å². The second kappa shape index (κ2) is 9.26. The van der Waals surface area contributed by atoms with E-state index in [1.54, 1.807) is 5.57 Å². The fourth-order valence-corrected chi connectivity index (χ4v) is 7.59. The van der Waals surface area contributed by atoms with Crippen LogP contribution in [0.1, 0.15) is 85.5 Å². The number of hydrogen-bond donors (Lipinski definition) is 3. The van der Waals surface area contributed by atoms with Crippen molar-refractivity contribution >= 4 is 0 Å². The smallest absolute Gasteiger partial charge is 0.0912 e. The molecule has 3 N–H and O–H groups in total. The van der Waals surface area contributed by atoms with Crippen molar-refractivity contribution in [3.8, 4) is 0 Å². The van der Waals surface area contributed by atoms with Crippen molar-refractivity contribution in [1.82, 2.24) is 0 Å². The van der Waals surface area contributed by atoms with Gasteiger partial charge in [0.1, 0.15) is 0 Å². The summed E-state index contributed by atoms with van der Waals surface area (Å²) >= 11 is 0. The average Bonchev–Trinajstić information content (AvgIpc) is 3.05. The summed E-state index contributed by atoms with van der Waals surface area (Å²) in [6, 6.07) is 0. The first-order chi connectivity index (χ1) is 15.5. The molecule has 0 aromatic rings. The molecule has 3 aliphatic carbocycles. The van der Waals surface area contributed by atoms with Crippen LogP contribution in [-0.4, -0.2) is 46.3 Å². The zero-order valence-corrected chi connectivity index (χ0v) is 21.3. The van der Waals surface area contributed by atoms with Crippen LogP contribution in [0.2, 0.25) is 0 Å². The molecule has 0 aromatic heterocycles. The lowest BCUT2D eigenvalue weighted by atomic mass is 9.60. The van der Waals surface area contributed by atoms with Gasteiger partial charge in [0.15, 0.2) is 0 Å². The Morgan fingerprint density at radius 1 is 1.21 bits per heavy atom. The van der Waals surface area contributed by atoms with Crippen LogP contribution < -0.4 is 0 Å². The highest BCUT2D eigenvalue weighted by Crippen LogP contribution is 2.60. The maximum absolute atomic E-state index is 10.8. The Hall–Kier alpha value is -0.940. The Kier molecular flexibility index (Phi) is 7.06. The Morgan fingerprint density at radius 3 is 2.58 bits per heavy atom. The van der Waals surface area contributed by atoms with Crippen LogP contribution in [-0.2, 0) is 4.74 Å². The summed E-state index contributed by atoms with van der Waals surface area (Å²) in [6.07, 6.45) is 13.1. The van der Waals surface area contributed by atoms with Crippen molar-refractivity contribution in [2.75, 3.05) is 13.2 Å². The lowest BCUT2D eigenvalue weighted by Gasteiger charge is -2.52. The average molecular weight is 459 g/mol. The van der Waals surface area contributed by atoms with E-state index in [2.05, 4.69) is 32.6 Å². The van der Waals surface area contributed by atoms with E-state index in [9.17, 15) is 15.3 Å². The number of fused-ring (bicyclic) bond motifs is 1. The van der Waals surface area contributed by atoms with Crippen LogP contribution in [0.15, 0.2) is 35.5 Å². The van der Waals surface area contributed by atoms with Gasteiger partial charge in [0.25, 0.3) is 0 Å². The number of ether oxygens (including phenoxy) is 1. The van der Waals surface area contributed by atoms with Gasteiger partial charge in [-0.25, -0.2) is 0 Å². The number of aliphatic hydroxyl groups excluding tert-OH is 2. The van der Waals surface area contributed by atoms with E-state index >= 15 is 0 Å². The molecule has 0 radical (unpaired) electrons. The third kappa shape index (κ3) is 4.66. The van der Waals surface area contributed by atoms with Crippen molar-refractivity contribution in [3.63, 3.8) is 0 Å². The highest BCUT2D eigenvalue weighted by Gasteiger charge is 2.55. The van der Waals surface area contributed by atoms with E-state index in [0.29, 0.717) is 36.9 Å². The van der Waals surface area contributed by atoms with Crippen LogP contribution in [0.25, 0.3) is 0 Å². The zero-order valence-electron chi connectivity index (χ0n) is 21.3. The molecule has 0 aromatic carbocycles. The van der Waals surface area contributed by atoms with Crippen LogP contribution in [0.5, 0.6) is 0 Å². The van der Waals surface area contributed by atoms with Crippen molar-refractivity contribution in [3.05, 3.63) is 35.5 Å². The van der Waals surface area contributed by atoms with Gasteiger partial charge in [0.2, 0.25) is 0 Å². The molecule has 4 nitrogen and oxygen atoms in total. The van der Waals surface area contributed by atoms with E-state index in [-0.39, 0.29) is 0 Å². The summed E-state index contributed by atoms with van der Waals surface area (Å²) in [5.74, 6) is 2.06. The molecule has 1 aliphatic heterocycles. The fourth-order valence-electron chi connectivity index (χ4n) is 7.59. The summed E-state index contributed by atoms with van der Waals surface area (Å²) in [5, 5.41) is 31.6. The lowest BCUT2D eigenvalue weighted by Crippen LogP contribution is -2.61. The standard InChI is InChI=1S/C29H46O4/c1-19(8-6-14-27(3,4)32)23-12-13-24-21(9-7-15-28(23,24)5)10-11-22-16-25(30)29(17-33-18-29)26(31)20(22)2/h10-11,19,23-26,30-32H,2,6-9,12-18H2,1,3-5H3/b21-10+,22-11-/t19-,23-,24+,25-,26-,28-/m1/s1. The predicted molar refractivity (Wildman–Crippen MR) is 133 cm³/mol. The quantitative estimate of drug-likeness (QED) is 0.503. The molecule has 4 fully saturated rings. The number of rotatable bonds is 6. The molecular formula is C29H46O4. The van der Waals surface area contributed by atoms with Crippen molar-refractivity contribution in [2.45, 2.75) is 103 Å². The van der Waals surface area contributed by atoms with E-state index in [1.807, 2.05) is 13.8 Å². The normalized spacial score (nSPS) is 39.7. The maximum Gasteiger partial charge on any atom is 0.0912 e. The monoisotopic (exact) mass is 458 g/mol. The van der Waals surface area contributed by atoms with E-state index < -0.39 is 23.2 Å². The molecule has 1 saturated heterocycles. The van der Waals surface area contributed by atoms with E-state index in [0.717, 1.165) is 36.3 Å².